The summed E-state index contributed by atoms with van der Waals surface area (Å²) in [5, 5.41) is 3.92. The van der Waals surface area contributed by atoms with Crippen LogP contribution < -0.4 is 20.9 Å². The Morgan fingerprint density at radius 1 is 0.481 bits per heavy atom. The number of nitrogens with zero attached hydrogens (tertiary/aromatic N) is 6. The summed E-state index contributed by atoms with van der Waals surface area (Å²) in [7, 11) is 0. The van der Waals surface area contributed by atoms with Gasteiger partial charge in [-0.15, -0.1) is 22.7 Å². The standard InChI is InChI=1S/C42H60N6O2S2/c1-5-9-13-17-27-45(28-18-14-10-6-2)41-43-35-25-31-51-37(35)39(49)47(41)33-21-23-34(24-22-33)48-40(50)38-36(26-32-52-38)44-42(48)46(29-19-15-11-7-3)30-20-16-12-8-4/h21-26,31-32H,5-20,27-30H2,1-4H3. The number of hydrogen-bond acceptors (Lipinski definition) is 8. The molecule has 0 spiro atoms. The van der Waals surface area contributed by atoms with Crippen molar-refractivity contribution in [1.82, 2.24) is 19.1 Å². The Morgan fingerprint density at radius 2 is 0.808 bits per heavy atom. The molecule has 4 heterocycles. The SMILES string of the molecule is CCCCCCN(CCCCCC)c1nc2ccsc2c(=O)n1-c1ccc(-n2c(N(CCCCCC)CCCCCC)nc3ccsc3c2=O)cc1. The second-order valence-corrected chi connectivity index (χ2v) is 15.9. The summed E-state index contributed by atoms with van der Waals surface area (Å²) in [5.41, 5.74) is 2.95. The van der Waals surface area contributed by atoms with Crippen LogP contribution >= 0.6 is 22.7 Å². The van der Waals surface area contributed by atoms with Gasteiger partial charge in [-0.1, -0.05) is 105 Å². The minimum Gasteiger partial charge on any atom is -0.342 e. The highest BCUT2D eigenvalue weighted by molar-refractivity contribution is 7.17. The van der Waals surface area contributed by atoms with Gasteiger partial charge in [0.1, 0.15) is 9.40 Å². The molecule has 0 saturated heterocycles. The van der Waals surface area contributed by atoms with Crippen molar-refractivity contribution in [3.8, 4) is 11.4 Å². The van der Waals surface area contributed by atoms with Crippen molar-refractivity contribution >= 4 is 55.0 Å². The third kappa shape index (κ3) is 9.92. The fraction of sp³-hybridized carbons (Fsp3) is 0.571. The van der Waals surface area contributed by atoms with Crippen LogP contribution in [0.3, 0.4) is 0 Å². The summed E-state index contributed by atoms with van der Waals surface area (Å²) in [4.78, 5) is 43.5. The fourth-order valence-electron chi connectivity index (χ4n) is 6.98. The maximum atomic E-state index is 14.3. The molecular formula is C42H60N6O2S2. The molecule has 10 heteroatoms. The van der Waals surface area contributed by atoms with Crippen LogP contribution in [0.1, 0.15) is 130 Å². The Labute approximate surface area is 318 Å². The Bertz CT molecular complexity index is 1760. The topological polar surface area (TPSA) is 76.3 Å². The van der Waals surface area contributed by atoms with E-state index in [1.165, 1.54) is 74.0 Å². The average Bonchev–Trinajstić information content (AvgIpc) is 3.84. The maximum absolute atomic E-state index is 14.3. The molecule has 282 valence electrons. The fourth-order valence-corrected chi connectivity index (χ4v) is 8.50. The quantitative estimate of drug-likeness (QED) is 0.0586. The van der Waals surface area contributed by atoms with Crippen LogP contribution in [-0.4, -0.2) is 45.3 Å². The van der Waals surface area contributed by atoms with E-state index in [2.05, 4.69) is 37.5 Å². The molecule has 0 aliphatic heterocycles. The molecule has 0 unspecified atom stereocenters. The Kier molecular flexibility index (Phi) is 15.8. The van der Waals surface area contributed by atoms with E-state index in [9.17, 15) is 9.59 Å². The van der Waals surface area contributed by atoms with Gasteiger partial charge in [-0.25, -0.2) is 19.1 Å². The minimum absolute atomic E-state index is 0.0419. The molecule has 0 saturated carbocycles. The molecule has 1 aromatic carbocycles. The zero-order valence-corrected chi connectivity index (χ0v) is 33.7. The monoisotopic (exact) mass is 744 g/mol. The number of aromatic nitrogens is 4. The number of hydrogen-bond donors (Lipinski definition) is 0. The van der Waals surface area contributed by atoms with Crippen molar-refractivity contribution in [2.45, 2.75) is 130 Å². The molecule has 0 amide bonds. The van der Waals surface area contributed by atoms with E-state index in [0.717, 1.165) is 100.0 Å². The summed E-state index contributed by atoms with van der Waals surface area (Å²) in [6, 6.07) is 11.8. The number of unbranched alkanes of at least 4 members (excludes halogenated alkanes) is 12. The highest BCUT2D eigenvalue weighted by atomic mass is 32.1. The average molecular weight is 745 g/mol. The van der Waals surface area contributed by atoms with Crippen molar-refractivity contribution in [3.63, 3.8) is 0 Å². The maximum Gasteiger partial charge on any atom is 0.277 e. The van der Waals surface area contributed by atoms with Crippen LogP contribution in [0.15, 0.2) is 56.7 Å². The highest BCUT2D eigenvalue weighted by Gasteiger charge is 2.22. The zero-order chi connectivity index (χ0) is 36.7. The number of thiophene rings is 2. The molecule has 0 bridgehead atoms. The van der Waals surface area contributed by atoms with E-state index in [4.69, 9.17) is 9.97 Å². The molecule has 5 rings (SSSR count). The number of anilines is 2. The first-order valence-electron chi connectivity index (χ1n) is 20.1. The third-order valence-electron chi connectivity index (χ3n) is 9.98. The van der Waals surface area contributed by atoms with Crippen LogP contribution in [-0.2, 0) is 0 Å². The van der Waals surface area contributed by atoms with E-state index >= 15 is 0 Å². The first-order valence-corrected chi connectivity index (χ1v) is 21.9. The normalized spacial score (nSPS) is 11.6. The Morgan fingerprint density at radius 3 is 1.12 bits per heavy atom. The smallest absolute Gasteiger partial charge is 0.277 e. The highest BCUT2D eigenvalue weighted by Crippen LogP contribution is 2.27. The molecular weight excluding hydrogens is 685 g/mol. The van der Waals surface area contributed by atoms with Crippen molar-refractivity contribution in [1.29, 1.82) is 0 Å². The van der Waals surface area contributed by atoms with Gasteiger partial charge < -0.3 is 9.80 Å². The van der Waals surface area contributed by atoms with Crippen molar-refractivity contribution in [3.05, 3.63) is 67.9 Å². The molecule has 0 fully saturated rings. The van der Waals surface area contributed by atoms with Gasteiger partial charge in [0.2, 0.25) is 11.9 Å². The summed E-state index contributed by atoms with van der Waals surface area (Å²) >= 11 is 2.89. The predicted octanol–water partition coefficient (Wildman–Crippen LogP) is 11.1. The second kappa shape index (κ2) is 20.7. The van der Waals surface area contributed by atoms with Crippen molar-refractivity contribution in [2.24, 2.45) is 0 Å². The first kappa shape index (κ1) is 39.7. The molecule has 0 atom stereocenters. The summed E-state index contributed by atoms with van der Waals surface area (Å²) in [5.74, 6) is 1.42. The Hall–Kier alpha value is -3.50. The van der Waals surface area contributed by atoms with Crippen molar-refractivity contribution in [2.75, 3.05) is 36.0 Å². The van der Waals surface area contributed by atoms with Crippen LogP contribution in [0, 0.1) is 0 Å². The number of rotatable bonds is 24. The van der Waals surface area contributed by atoms with Crippen LogP contribution in [0.2, 0.25) is 0 Å². The van der Waals surface area contributed by atoms with Crippen molar-refractivity contribution < 1.29 is 0 Å². The molecule has 5 aromatic rings. The van der Waals surface area contributed by atoms with E-state index < -0.39 is 0 Å². The molecule has 52 heavy (non-hydrogen) atoms. The lowest BCUT2D eigenvalue weighted by Gasteiger charge is -2.27. The van der Waals surface area contributed by atoms with E-state index in [1.807, 2.05) is 47.2 Å². The molecule has 8 nitrogen and oxygen atoms in total. The predicted molar refractivity (Wildman–Crippen MR) is 225 cm³/mol. The van der Waals surface area contributed by atoms with Gasteiger partial charge in [0.05, 0.1) is 22.4 Å². The minimum atomic E-state index is -0.0419. The van der Waals surface area contributed by atoms with Gasteiger partial charge in [-0.2, -0.15) is 0 Å². The van der Waals surface area contributed by atoms with Crippen LogP contribution in [0.25, 0.3) is 31.8 Å². The third-order valence-corrected chi connectivity index (χ3v) is 11.8. The molecule has 0 radical (unpaired) electrons. The summed E-state index contributed by atoms with van der Waals surface area (Å²) in [6.45, 7) is 12.4. The van der Waals surface area contributed by atoms with Gasteiger partial charge in [-0.3, -0.25) is 9.59 Å². The van der Waals surface area contributed by atoms with E-state index in [0.29, 0.717) is 21.3 Å². The Balaban J connectivity index is 1.57. The lowest BCUT2D eigenvalue weighted by molar-refractivity contribution is 0.596. The molecule has 4 aromatic heterocycles. The van der Waals surface area contributed by atoms with Gasteiger partial charge in [-0.05, 0) is 72.8 Å². The zero-order valence-electron chi connectivity index (χ0n) is 32.1. The number of fused-ring (bicyclic) bond motifs is 2. The molecule has 0 aliphatic carbocycles. The van der Waals surface area contributed by atoms with E-state index in [-0.39, 0.29) is 11.1 Å². The first-order chi connectivity index (χ1) is 25.5. The summed E-state index contributed by atoms with van der Waals surface area (Å²) in [6.07, 6.45) is 18.5. The lowest BCUT2D eigenvalue weighted by atomic mass is 10.1. The van der Waals surface area contributed by atoms with Crippen LogP contribution in [0.4, 0.5) is 11.9 Å². The van der Waals surface area contributed by atoms with Gasteiger partial charge >= 0.3 is 0 Å². The van der Waals surface area contributed by atoms with E-state index in [1.54, 1.807) is 9.13 Å². The van der Waals surface area contributed by atoms with Gasteiger partial charge in [0.25, 0.3) is 11.1 Å². The number of benzene rings is 1. The second-order valence-electron chi connectivity index (χ2n) is 14.1. The molecule has 0 N–H and O–H groups in total. The largest absolute Gasteiger partial charge is 0.342 e. The van der Waals surface area contributed by atoms with Crippen LogP contribution in [0.5, 0.6) is 0 Å². The van der Waals surface area contributed by atoms with Gasteiger partial charge in [0, 0.05) is 26.2 Å². The van der Waals surface area contributed by atoms with Gasteiger partial charge in [0.15, 0.2) is 0 Å². The lowest BCUT2D eigenvalue weighted by Crippen LogP contribution is -2.34. The molecule has 0 aliphatic rings. The summed E-state index contributed by atoms with van der Waals surface area (Å²) < 4.78 is 4.94.